The van der Waals surface area contributed by atoms with Gasteiger partial charge in [0.2, 0.25) is 0 Å². The van der Waals surface area contributed by atoms with E-state index in [9.17, 15) is 14.4 Å². The minimum atomic E-state index is -0.768. The predicted octanol–water partition coefficient (Wildman–Crippen LogP) is 24.3. The van der Waals surface area contributed by atoms with E-state index in [1.54, 1.807) is 0 Å². The number of allylic oxidation sites excluding steroid dienone is 10. The molecule has 0 saturated carbocycles. The molecule has 6 heteroatoms. The van der Waals surface area contributed by atoms with Gasteiger partial charge in [-0.15, -0.1) is 0 Å². The van der Waals surface area contributed by atoms with Crippen LogP contribution >= 0.6 is 0 Å². The van der Waals surface area contributed by atoms with Gasteiger partial charge in [-0.2, -0.15) is 0 Å². The lowest BCUT2D eigenvalue weighted by atomic mass is 10.0. The van der Waals surface area contributed by atoms with Crippen LogP contribution in [0.2, 0.25) is 0 Å². The number of hydrogen-bond donors (Lipinski definition) is 0. The summed E-state index contributed by atoms with van der Waals surface area (Å²) >= 11 is 0. The van der Waals surface area contributed by atoms with Gasteiger partial charge in [0.1, 0.15) is 13.2 Å². The minimum absolute atomic E-state index is 0.0692. The zero-order valence-corrected chi connectivity index (χ0v) is 53.6. The first-order valence-corrected chi connectivity index (χ1v) is 35.3. The Hall–Kier alpha value is -2.89. The first-order valence-electron chi connectivity index (χ1n) is 35.3. The molecule has 0 aliphatic carbocycles. The van der Waals surface area contributed by atoms with Crippen molar-refractivity contribution in [3.05, 3.63) is 60.8 Å². The summed E-state index contributed by atoms with van der Waals surface area (Å²) in [7, 11) is 0. The first-order chi connectivity index (χ1) is 39.5. The largest absolute Gasteiger partial charge is 0.462 e. The molecule has 0 bridgehead atoms. The molecule has 0 aromatic heterocycles. The van der Waals surface area contributed by atoms with Crippen molar-refractivity contribution >= 4 is 17.9 Å². The fraction of sp³-hybridized carbons (Fsp3) is 0.824. The van der Waals surface area contributed by atoms with Gasteiger partial charge in [-0.05, 0) is 64.2 Å². The van der Waals surface area contributed by atoms with Crippen LogP contribution in [0.5, 0.6) is 0 Å². The van der Waals surface area contributed by atoms with Gasteiger partial charge in [0.05, 0.1) is 0 Å². The summed E-state index contributed by atoms with van der Waals surface area (Å²) < 4.78 is 16.8. The highest BCUT2D eigenvalue weighted by Gasteiger charge is 2.19. The van der Waals surface area contributed by atoms with Crippen molar-refractivity contribution in [2.45, 2.75) is 380 Å². The highest BCUT2D eigenvalue weighted by molar-refractivity contribution is 5.71. The molecule has 6 nitrogen and oxygen atoms in total. The van der Waals surface area contributed by atoms with Gasteiger partial charge in [0, 0.05) is 19.3 Å². The van der Waals surface area contributed by atoms with Gasteiger partial charge >= 0.3 is 17.9 Å². The number of ether oxygens (including phenoxy) is 3. The van der Waals surface area contributed by atoms with Crippen molar-refractivity contribution in [3.8, 4) is 0 Å². The molecule has 0 aliphatic rings. The number of rotatable bonds is 65. The molecular formula is C74H134O6. The van der Waals surface area contributed by atoms with Crippen LogP contribution in [0.3, 0.4) is 0 Å². The summed E-state index contributed by atoms with van der Waals surface area (Å²) in [4.78, 5) is 38.0. The number of esters is 3. The fourth-order valence-electron chi connectivity index (χ4n) is 10.5. The Morgan fingerprint density at radius 2 is 0.487 bits per heavy atom. The molecule has 0 amide bonds. The topological polar surface area (TPSA) is 78.9 Å². The van der Waals surface area contributed by atoms with E-state index in [4.69, 9.17) is 14.2 Å². The third-order valence-corrected chi connectivity index (χ3v) is 15.8. The number of hydrogen-bond acceptors (Lipinski definition) is 6. The Morgan fingerprint density at radius 1 is 0.263 bits per heavy atom. The van der Waals surface area contributed by atoms with Crippen LogP contribution < -0.4 is 0 Å². The van der Waals surface area contributed by atoms with E-state index >= 15 is 0 Å². The van der Waals surface area contributed by atoms with Crippen LogP contribution in [0.15, 0.2) is 60.8 Å². The van der Waals surface area contributed by atoms with E-state index in [2.05, 4.69) is 81.5 Å². The molecule has 466 valence electrons. The molecule has 1 atom stereocenters. The summed E-state index contributed by atoms with van der Waals surface area (Å²) in [6.45, 7) is 6.50. The minimum Gasteiger partial charge on any atom is -0.462 e. The first kappa shape index (κ1) is 77.1. The normalized spacial score (nSPS) is 12.4. The second kappa shape index (κ2) is 68.6. The molecule has 0 rings (SSSR count). The quantitative estimate of drug-likeness (QED) is 0.0261. The molecule has 80 heavy (non-hydrogen) atoms. The van der Waals surface area contributed by atoms with Gasteiger partial charge in [-0.1, -0.05) is 351 Å². The van der Waals surface area contributed by atoms with E-state index in [1.807, 2.05) is 0 Å². The van der Waals surface area contributed by atoms with Gasteiger partial charge in [0.25, 0.3) is 0 Å². The molecule has 0 aromatic rings. The van der Waals surface area contributed by atoms with Crippen LogP contribution in [0.1, 0.15) is 374 Å². The third kappa shape index (κ3) is 65.9. The highest BCUT2D eigenvalue weighted by Crippen LogP contribution is 2.19. The van der Waals surface area contributed by atoms with Crippen LogP contribution in [0.25, 0.3) is 0 Å². The maximum Gasteiger partial charge on any atom is 0.306 e. The van der Waals surface area contributed by atoms with Crippen LogP contribution in [0.4, 0.5) is 0 Å². The van der Waals surface area contributed by atoms with Crippen molar-refractivity contribution in [1.82, 2.24) is 0 Å². The second-order valence-corrected chi connectivity index (χ2v) is 23.8. The van der Waals surface area contributed by atoms with E-state index in [-0.39, 0.29) is 31.1 Å². The van der Waals surface area contributed by atoms with E-state index < -0.39 is 6.10 Å². The van der Waals surface area contributed by atoms with E-state index in [0.29, 0.717) is 19.3 Å². The smallest absolute Gasteiger partial charge is 0.306 e. The van der Waals surface area contributed by atoms with Crippen LogP contribution in [-0.2, 0) is 28.6 Å². The molecule has 0 heterocycles. The molecule has 1 unspecified atom stereocenters. The van der Waals surface area contributed by atoms with E-state index in [1.165, 1.54) is 238 Å². The lowest BCUT2D eigenvalue weighted by Gasteiger charge is -2.18. The van der Waals surface area contributed by atoms with Gasteiger partial charge in [-0.3, -0.25) is 14.4 Å². The number of carbonyl (C=O) groups is 3. The molecule has 0 radical (unpaired) electrons. The molecule has 0 aromatic carbocycles. The Bertz CT molecular complexity index is 1430. The van der Waals surface area contributed by atoms with Gasteiger partial charge in [0.15, 0.2) is 6.10 Å². The van der Waals surface area contributed by atoms with Crippen molar-refractivity contribution in [2.24, 2.45) is 0 Å². The fourth-order valence-corrected chi connectivity index (χ4v) is 10.5. The molecule has 0 spiro atoms. The maximum atomic E-state index is 12.9. The Balaban J connectivity index is 3.94. The second-order valence-electron chi connectivity index (χ2n) is 23.8. The average molecular weight is 1120 g/mol. The van der Waals surface area contributed by atoms with Gasteiger partial charge in [-0.25, -0.2) is 0 Å². The summed E-state index contributed by atoms with van der Waals surface area (Å²) in [5, 5.41) is 0. The Kier molecular flexibility index (Phi) is 66.1. The summed E-state index contributed by atoms with van der Waals surface area (Å²) in [6, 6.07) is 0. The van der Waals surface area contributed by atoms with Crippen LogP contribution in [-0.4, -0.2) is 37.2 Å². The highest BCUT2D eigenvalue weighted by atomic mass is 16.6. The summed E-state index contributed by atoms with van der Waals surface area (Å²) in [5.41, 5.74) is 0. The Labute approximate surface area is 498 Å². The molecule has 0 fully saturated rings. The van der Waals surface area contributed by atoms with Crippen LogP contribution in [0, 0.1) is 0 Å². The van der Waals surface area contributed by atoms with Crippen molar-refractivity contribution in [1.29, 1.82) is 0 Å². The zero-order chi connectivity index (χ0) is 57.8. The molecule has 0 saturated heterocycles. The van der Waals surface area contributed by atoms with Crippen molar-refractivity contribution < 1.29 is 28.6 Å². The number of carbonyl (C=O) groups excluding carboxylic acids is 3. The average Bonchev–Trinajstić information content (AvgIpc) is 3.46. The van der Waals surface area contributed by atoms with Crippen molar-refractivity contribution in [3.63, 3.8) is 0 Å². The van der Waals surface area contributed by atoms with E-state index in [0.717, 1.165) is 96.3 Å². The van der Waals surface area contributed by atoms with Gasteiger partial charge < -0.3 is 14.2 Å². The SMILES string of the molecule is CC/C=C\C/C=C\C/C=C\C/C=C\C/C=C\CCCCCCCCCCCCCCCCCC(=O)OCC(COC(=O)CCCCCCC)OC(=O)CCCCCCCCCCCCCCCCCCCCCCCCCCCC. The lowest BCUT2D eigenvalue weighted by Crippen LogP contribution is -2.30. The Morgan fingerprint density at radius 3 is 0.762 bits per heavy atom. The maximum absolute atomic E-state index is 12.9. The molecular weight excluding hydrogens is 985 g/mol. The molecule has 0 aliphatic heterocycles. The molecule has 0 N–H and O–H groups in total. The predicted molar refractivity (Wildman–Crippen MR) is 348 cm³/mol. The standard InChI is InChI=1S/C74H134O6/c1-4-7-10-13-15-17-19-21-23-25-27-29-31-33-35-36-37-38-39-41-42-44-46-48-50-52-54-56-58-61-64-67-73(76)79-70-71(69-78-72(75)66-63-60-12-9-6-3)80-74(77)68-65-62-59-57-55-53-51-49-47-45-43-40-34-32-30-28-26-24-22-20-18-16-14-11-8-5-2/h7,10,15,17,21,23,27,29,33,35,71H,4-6,8-9,11-14,16,18-20,22,24-26,28,30-32,34,36-70H2,1-3H3/b10-7-,17-15-,23-21-,29-27-,35-33-. The van der Waals surface area contributed by atoms with Crippen molar-refractivity contribution in [2.75, 3.05) is 13.2 Å². The third-order valence-electron chi connectivity index (χ3n) is 15.8. The summed E-state index contributed by atoms with van der Waals surface area (Å²) in [6.07, 6.45) is 88.8. The number of unbranched alkanes of at least 4 members (excludes halogenated alkanes) is 44. The monoisotopic (exact) mass is 1120 g/mol. The summed E-state index contributed by atoms with van der Waals surface area (Å²) in [5.74, 6) is -0.860. The lowest BCUT2D eigenvalue weighted by molar-refractivity contribution is -0.167. The zero-order valence-electron chi connectivity index (χ0n) is 53.6.